The molecule has 5 rings (SSSR count). The predicted octanol–water partition coefficient (Wildman–Crippen LogP) is 1.72. The fraction of sp³-hybridized carbons (Fsp3) is 0.400. The number of halogens is 1. The van der Waals surface area contributed by atoms with Gasteiger partial charge < -0.3 is 14.7 Å². The minimum absolute atomic E-state index is 0.000990. The van der Waals surface area contributed by atoms with Crippen LogP contribution in [-0.4, -0.2) is 84.8 Å². The molecule has 2 aromatic carbocycles. The van der Waals surface area contributed by atoms with Crippen molar-refractivity contribution in [2.24, 2.45) is 11.8 Å². The Morgan fingerprint density at radius 3 is 2.24 bits per heavy atom. The lowest BCUT2D eigenvalue weighted by atomic mass is 9.84. The summed E-state index contributed by atoms with van der Waals surface area (Å²) in [5.74, 6) is -0.627. The summed E-state index contributed by atoms with van der Waals surface area (Å²) < 4.78 is 0. The van der Waals surface area contributed by atoms with Gasteiger partial charge in [0.05, 0.1) is 23.6 Å². The summed E-state index contributed by atoms with van der Waals surface area (Å²) in [5.41, 5.74) is 4.71. The first-order valence-corrected chi connectivity index (χ1v) is 12.0. The molecule has 3 atom stereocenters. The molecule has 2 aromatic rings. The van der Waals surface area contributed by atoms with Crippen LogP contribution >= 0.6 is 11.6 Å². The van der Waals surface area contributed by atoms with E-state index < -0.39 is 0 Å². The number of carbonyl (C=O) groups is 3. The quantitative estimate of drug-likeness (QED) is 0.722. The second-order valence-electron chi connectivity index (χ2n) is 9.22. The number of hydrogen-bond acceptors (Lipinski definition) is 5. The molecule has 3 fully saturated rings. The fourth-order valence-corrected chi connectivity index (χ4v) is 5.32. The molecule has 34 heavy (non-hydrogen) atoms. The van der Waals surface area contributed by atoms with E-state index in [0.29, 0.717) is 49.9 Å². The van der Waals surface area contributed by atoms with Gasteiger partial charge in [0.25, 0.3) is 5.91 Å². The van der Waals surface area contributed by atoms with E-state index in [2.05, 4.69) is 10.3 Å². The summed E-state index contributed by atoms with van der Waals surface area (Å²) in [6.45, 7) is 3.12. The predicted molar refractivity (Wildman–Crippen MR) is 129 cm³/mol. The first-order chi connectivity index (χ1) is 16.4. The molecule has 0 aliphatic carbocycles. The number of hydrazine groups is 1. The topological polar surface area (TPSA) is 76.2 Å². The fourth-order valence-electron chi connectivity index (χ4n) is 5.19. The van der Waals surface area contributed by atoms with Crippen LogP contribution in [0.3, 0.4) is 0 Å². The van der Waals surface area contributed by atoms with Crippen molar-refractivity contribution in [3.8, 4) is 0 Å². The molecule has 3 aliphatic rings. The third-order valence-electron chi connectivity index (χ3n) is 7.00. The van der Waals surface area contributed by atoms with Crippen LogP contribution in [0.5, 0.6) is 0 Å². The van der Waals surface area contributed by atoms with Crippen molar-refractivity contribution in [2.75, 3.05) is 51.3 Å². The molecule has 3 unspecified atom stereocenters. The molecule has 0 radical (unpaired) electrons. The van der Waals surface area contributed by atoms with Crippen molar-refractivity contribution < 1.29 is 14.4 Å². The highest BCUT2D eigenvalue weighted by Gasteiger charge is 2.51. The summed E-state index contributed by atoms with van der Waals surface area (Å²) >= 11 is 5.93. The van der Waals surface area contributed by atoms with Gasteiger partial charge in [0.2, 0.25) is 11.8 Å². The second kappa shape index (κ2) is 9.37. The maximum atomic E-state index is 13.6. The third kappa shape index (κ3) is 4.29. The Morgan fingerprint density at radius 2 is 1.56 bits per heavy atom. The van der Waals surface area contributed by atoms with Gasteiger partial charge in [0.15, 0.2) is 0 Å². The van der Waals surface area contributed by atoms with Gasteiger partial charge >= 0.3 is 0 Å². The number of likely N-dealkylation sites (tertiary alicyclic amines) is 1. The third-order valence-corrected chi connectivity index (χ3v) is 7.25. The molecule has 8 nitrogen and oxygen atoms in total. The average Bonchev–Trinajstić information content (AvgIpc) is 3.20. The Morgan fingerprint density at radius 1 is 0.912 bits per heavy atom. The Labute approximate surface area is 204 Å². The second-order valence-corrected chi connectivity index (χ2v) is 9.66. The monoisotopic (exact) mass is 481 g/mol. The number of hydrogen-bond donors (Lipinski definition) is 1. The van der Waals surface area contributed by atoms with Gasteiger partial charge in [0.1, 0.15) is 0 Å². The van der Waals surface area contributed by atoms with Crippen molar-refractivity contribution in [3.05, 3.63) is 65.2 Å². The summed E-state index contributed by atoms with van der Waals surface area (Å²) in [6.07, 6.45) is 0. The smallest absolute Gasteiger partial charge is 0.253 e. The van der Waals surface area contributed by atoms with E-state index in [1.807, 2.05) is 42.3 Å². The number of fused-ring (bicyclic) bond motifs is 1. The van der Waals surface area contributed by atoms with Crippen LogP contribution in [0, 0.1) is 11.8 Å². The van der Waals surface area contributed by atoms with Crippen LogP contribution in [-0.2, 0) is 9.59 Å². The van der Waals surface area contributed by atoms with Gasteiger partial charge in [-0.1, -0.05) is 29.8 Å². The van der Waals surface area contributed by atoms with Gasteiger partial charge in [-0.25, -0.2) is 10.4 Å². The number of nitrogens with one attached hydrogen (secondary N) is 1. The van der Waals surface area contributed by atoms with E-state index in [1.165, 1.54) is 0 Å². The van der Waals surface area contributed by atoms with Crippen molar-refractivity contribution in [1.82, 2.24) is 20.1 Å². The Kier molecular flexibility index (Phi) is 6.29. The first-order valence-electron chi connectivity index (χ1n) is 11.6. The Hall–Kier alpha value is -2.94. The zero-order valence-corrected chi connectivity index (χ0v) is 19.8. The van der Waals surface area contributed by atoms with Crippen molar-refractivity contribution in [3.63, 3.8) is 0 Å². The van der Waals surface area contributed by atoms with Gasteiger partial charge in [0, 0.05) is 49.9 Å². The number of benzene rings is 2. The van der Waals surface area contributed by atoms with E-state index in [4.69, 9.17) is 11.6 Å². The van der Waals surface area contributed by atoms with E-state index in [-0.39, 0.29) is 35.6 Å². The number of nitrogens with zero attached hydrogens (tertiary/aromatic N) is 4. The summed E-state index contributed by atoms with van der Waals surface area (Å²) in [4.78, 5) is 45.2. The van der Waals surface area contributed by atoms with Crippen LogP contribution in [0.1, 0.15) is 10.4 Å². The minimum Gasteiger partial charge on any atom is -0.339 e. The Balaban J connectivity index is 1.26. The van der Waals surface area contributed by atoms with Crippen LogP contribution < -0.4 is 10.4 Å². The number of para-hydroxylation sites is 1. The highest BCUT2D eigenvalue weighted by Crippen LogP contribution is 2.32. The molecule has 0 bridgehead atoms. The maximum absolute atomic E-state index is 13.6. The molecule has 1 N–H and O–H groups in total. The molecule has 3 aliphatic heterocycles. The van der Waals surface area contributed by atoms with Crippen LogP contribution in [0.15, 0.2) is 54.6 Å². The molecule has 3 saturated heterocycles. The van der Waals surface area contributed by atoms with Gasteiger partial charge in [-0.15, -0.1) is 0 Å². The molecule has 0 aromatic heterocycles. The first kappa shape index (κ1) is 22.8. The van der Waals surface area contributed by atoms with Crippen LogP contribution in [0.2, 0.25) is 5.02 Å². The van der Waals surface area contributed by atoms with Crippen LogP contribution in [0.25, 0.3) is 0 Å². The maximum Gasteiger partial charge on any atom is 0.253 e. The van der Waals surface area contributed by atoms with E-state index in [1.54, 1.807) is 34.2 Å². The lowest BCUT2D eigenvalue weighted by molar-refractivity contribution is -0.140. The largest absolute Gasteiger partial charge is 0.339 e. The number of carbonyl (C=O) groups excluding carboxylic acids is 3. The molecule has 0 spiro atoms. The molecule has 9 heteroatoms. The van der Waals surface area contributed by atoms with Crippen molar-refractivity contribution >= 4 is 35.0 Å². The highest BCUT2D eigenvalue weighted by molar-refractivity contribution is 6.30. The molecule has 178 valence electrons. The summed E-state index contributed by atoms with van der Waals surface area (Å²) in [6, 6.07) is 16.1. The normalized spacial score (nSPS) is 25.4. The SMILES string of the molecule is CN1CC(C(=O)N2CCN(C(=O)c3ccc(Cl)cc3)CC2)C2NN(c3ccccc3)C(=O)C2C1. The van der Waals surface area contributed by atoms with E-state index in [0.717, 1.165) is 5.69 Å². The van der Waals surface area contributed by atoms with Crippen molar-refractivity contribution in [2.45, 2.75) is 6.04 Å². The van der Waals surface area contributed by atoms with Gasteiger partial charge in [-0.3, -0.25) is 14.4 Å². The van der Waals surface area contributed by atoms with Crippen LogP contribution in [0.4, 0.5) is 5.69 Å². The Bertz CT molecular complexity index is 1070. The lowest BCUT2D eigenvalue weighted by Gasteiger charge is -2.41. The molecule has 3 amide bonds. The standard InChI is InChI=1S/C25H28ClN5O3/c1-28-15-20(22-21(16-28)25(34)31(27-22)19-5-3-2-4-6-19)24(33)30-13-11-29(12-14-30)23(32)17-7-9-18(26)10-8-17/h2-10,20-22,27H,11-16H2,1H3. The summed E-state index contributed by atoms with van der Waals surface area (Å²) in [5, 5.41) is 2.19. The summed E-state index contributed by atoms with van der Waals surface area (Å²) in [7, 11) is 1.96. The minimum atomic E-state index is -0.333. The van der Waals surface area contributed by atoms with E-state index in [9.17, 15) is 14.4 Å². The molecular weight excluding hydrogens is 454 g/mol. The number of anilines is 1. The zero-order valence-electron chi connectivity index (χ0n) is 19.1. The molecule has 0 saturated carbocycles. The van der Waals surface area contributed by atoms with Gasteiger partial charge in [-0.2, -0.15) is 0 Å². The van der Waals surface area contributed by atoms with Gasteiger partial charge in [-0.05, 0) is 43.4 Å². The average molecular weight is 482 g/mol. The van der Waals surface area contributed by atoms with E-state index >= 15 is 0 Å². The lowest BCUT2D eigenvalue weighted by Crippen LogP contribution is -2.59. The molecule has 3 heterocycles. The highest BCUT2D eigenvalue weighted by atomic mass is 35.5. The number of piperazine rings is 1. The molecular formula is C25H28ClN5O3. The van der Waals surface area contributed by atoms with Crippen molar-refractivity contribution in [1.29, 1.82) is 0 Å². The zero-order chi connectivity index (χ0) is 23.8. The number of rotatable bonds is 3. The number of amides is 3. The number of piperidine rings is 1.